The van der Waals surface area contributed by atoms with Gasteiger partial charge in [0, 0.05) is 32.7 Å². The number of carbonyl (C=O) groups excluding carboxylic acids is 1. The monoisotopic (exact) mass is 524 g/mol. The Hall–Kier alpha value is -2.85. The van der Waals surface area contributed by atoms with Gasteiger partial charge in [0.15, 0.2) is 24.7 Å². The summed E-state index contributed by atoms with van der Waals surface area (Å²) in [5.74, 6) is -8.83. The Bertz CT molecular complexity index is 1070. The zero-order valence-electron chi connectivity index (χ0n) is 21.0. The van der Waals surface area contributed by atoms with E-state index in [2.05, 4.69) is 4.90 Å². The van der Waals surface area contributed by atoms with Crippen LogP contribution >= 0.6 is 0 Å². The van der Waals surface area contributed by atoms with E-state index in [-0.39, 0.29) is 29.9 Å². The van der Waals surface area contributed by atoms with E-state index in [4.69, 9.17) is 14.2 Å². The third-order valence-electron chi connectivity index (χ3n) is 6.31. The summed E-state index contributed by atoms with van der Waals surface area (Å²) in [5, 5.41) is 0. The summed E-state index contributed by atoms with van der Waals surface area (Å²) in [6.07, 6.45) is -0.638. The number of hydrogen-bond donors (Lipinski definition) is 0. The first kappa shape index (κ1) is 27.2. The molecule has 4 rings (SSSR count). The molecule has 0 N–H and O–H groups in total. The number of amides is 1. The molecule has 1 fully saturated rings. The van der Waals surface area contributed by atoms with Gasteiger partial charge >= 0.3 is 11.8 Å². The summed E-state index contributed by atoms with van der Waals surface area (Å²) < 4.78 is 70.9. The summed E-state index contributed by atoms with van der Waals surface area (Å²) in [5.41, 5.74) is 1.75. The maximum absolute atomic E-state index is 13.8. The molecule has 37 heavy (non-hydrogen) atoms. The standard InChI is InChI=1S/C27H32F4N2O4/c1-19(2)13-33(25(34)24-16-32(10-11-35-24)14-20-6-4-3-5-7-20)15-21-8-9-22-23(12-21)37-18-27(30,31)26(28,29)17-36-22/h3-9,12,19,24H,10-11,13-18H2,1-2H3. The van der Waals surface area contributed by atoms with Gasteiger partial charge in [-0.3, -0.25) is 9.69 Å². The van der Waals surface area contributed by atoms with Gasteiger partial charge in [-0.25, -0.2) is 0 Å². The van der Waals surface area contributed by atoms with Crippen molar-refractivity contribution >= 4 is 5.91 Å². The average Bonchev–Trinajstić information content (AvgIpc) is 2.86. The molecule has 1 unspecified atom stereocenters. The summed E-state index contributed by atoms with van der Waals surface area (Å²) in [7, 11) is 0. The molecule has 0 aromatic heterocycles. The highest BCUT2D eigenvalue weighted by Gasteiger charge is 2.58. The highest BCUT2D eigenvalue weighted by atomic mass is 19.3. The Kier molecular flexibility index (Phi) is 8.28. The first-order valence-electron chi connectivity index (χ1n) is 12.3. The van der Waals surface area contributed by atoms with Crippen LogP contribution in [-0.2, 0) is 22.6 Å². The molecule has 1 amide bonds. The van der Waals surface area contributed by atoms with Crippen LogP contribution in [0.15, 0.2) is 48.5 Å². The normalized spacial score (nSPS) is 21.2. The summed E-state index contributed by atoms with van der Waals surface area (Å²) >= 11 is 0. The Morgan fingerprint density at radius 2 is 1.68 bits per heavy atom. The van der Waals surface area contributed by atoms with Crippen LogP contribution in [0.5, 0.6) is 11.5 Å². The third kappa shape index (κ3) is 6.73. The van der Waals surface area contributed by atoms with Crippen molar-refractivity contribution in [2.45, 2.75) is 44.9 Å². The second kappa shape index (κ2) is 11.3. The molecule has 2 aromatic carbocycles. The van der Waals surface area contributed by atoms with Crippen molar-refractivity contribution in [3.63, 3.8) is 0 Å². The van der Waals surface area contributed by atoms with Crippen LogP contribution in [0.2, 0.25) is 0 Å². The number of nitrogens with zero attached hydrogens (tertiary/aromatic N) is 2. The molecule has 0 aliphatic carbocycles. The highest BCUT2D eigenvalue weighted by Crippen LogP contribution is 2.40. The molecule has 2 aliphatic heterocycles. The van der Waals surface area contributed by atoms with Crippen molar-refractivity contribution in [1.82, 2.24) is 9.80 Å². The summed E-state index contributed by atoms with van der Waals surface area (Å²) in [4.78, 5) is 17.4. The predicted octanol–water partition coefficient (Wildman–Crippen LogP) is 4.61. The maximum Gasteiger partial charge on any atom is 0.346 e. The predicted molar refractivity (Wildman–Crippen MR) is 129 cm³/mol. The number of benzene rings is 2. The minimum absolute atomic E-state index is 0.0483. The van der Waals surface area contributed by atoms with Gasteiger partial charge in [-0.15, -0.1) is 0 Å². The van der Waals surface area contributed by atoms with Crippen LogP contribution in [0.3, 0.4) is 0 Å². The van der Waals surface area contributed by atoms with E-state index >= 15 is 0 Å². The van der Waals surface area contributed by atoms with Crippen LogP contribution < -0.4 is 9.47 Å². The molecule has 6 nitrogen and oxygen atoms in total. The molecule has 2 heterocycles. The van der Waals surface area contributed by atoms with Gasteiger partial charge in [-0.05, 0) is 29.2 Å². The smallest absolute Gasteiger partial charge is 0.346 e. The number of morpholine rings is 1. The van der Waals surface area contributed by atoms with Gasteiger partial charge in [0.25, 0.3) is 5.91 Å². The molecule has 1 atom stereocenters. The maximum atomic E-state index is 13.8. The van der Waals surface area contributed by atoms with E-state index in [1.165, 1.54) is 12.1 Å². The fraction of sp³-hybridized carbons (Fsp3) is 0.519. The minimum Gasteiger partial charge on any atom is -0.483 e. The topological polar surface area (TPSA) is 51.2 Å². The van der Waals surface area contributed by atoms with Crippen LogP contribution in [0, 0.1) is 5.92 Å². The van der Waals surface area contributed by atoms with Crippen LogP contribution in [-0.4, -0.2) is 73.1 Å². The van der Waals surface area contributed by atoms with E-state index in [0.29, 0.717) is 38.3 Å². The fourth-order valence-electron chi connectivity index (χ4n) is 4.37. The lowest BCUT2D eigenvalue weighted by atomic mass is 10.1. The number of halogens is 4. The second-order valence-electron chi connectivity index (χ2n) is 9.96. The second-order valence-corrected chi connectivity index (χ2v) is 9.96. The van der Waals surface area contributed by atoms with Crippen LogP contribution in [0.4, 0.5) is 17.6 Å². The lowest BCUT2D eigenvalue weighted by Crippen LogP contribution is -2.51. The first-order valence-corrected chi connectivity index (χ1v) is 12.3. The van der Waals surface area contributed by atoms with Crippen molar-refractivity contribution in [1.29, 1.82) is 0 Å². The first-order chi connectivity index (χ1) is 17.5. The van der Waals surface area contributed by atoms with E-state index in [9.17, 15) is 22.4 Å². The van der Waals surface area contributed by atoms with E-state index < -0.39 is 31.2 Å². The van der Waals surface area contributed by atoms with Crippen LogP contribution in [0.25, 0.3) is 0 Å². The molecular formula is C27H32F4N2O4. The van der Waals surface area contributed by atoms with Gasteiger partial charge < -0.3 is 19.1 Å². The molecule has 0 bridgehead atoms. The largest absolute Gasteiger partial charge is 0.483 e. The van der Waals surface area contributed by atoms with Crippen molar-refractivity contribution in [2.24, 2.45) is 5.92 Å². The van der Waals surface area contributed by atoms with Crippen molar-refractivity contribution in [2.75, 3.05) is 39.5 Å². The lowest BCUT2D eigenvalue weighted by molar-refractivity contribution is -0.236. The summed E-state index contributed by atoms with van der Waals surface area (Å²) in [6.45, 7) is 4.00. The number of hydrogen-bond acceptors (Lipinski definition) is 5. The number of fused-ring (bicyclic) bond motifs is 1. The van der Waals surface area contributed by atoms with Gasteiger partial charge in [0.1, 0.15) is 6.10 Å². The SMILES string of the molecule is CC(C)CN(Cc1ccc2c(c1)OCC(F)(F)C(F)(F)CO2)C(=O)C1CN(Cc2ccccc2)CCO1. The minimum atomic E-state index is -4.37. The molecule has 0 saturated carbocycles. The van der Waals surface area contributed by atoms with E-state index in [1.807, 2.05) is 44.2 Å². The summed E-state index contributed by atoms with van der Waals surface area (Å²) in [6, 6.07) is 14.5. The Morgan fingerprint density at radius 1 is 1.00 bits per heavy atom. The molecule has 1 saturated heterocycles. The molecule has 10 heteroatoms. The van der Waals surface area contributed by atoms with Gasteiger partial charge in [-0.2, -0.15) is 17.6 Å². The number of rotatable bonds is 7. The Morgan fingerprint density at radius 3 is 2.35 bits per heavy atom. The number of ether oxygens (including phenoxy) is 3. The molecule has 2 aromatic rings. The van der Waals surface area contributed by atoms with E-state index in [1.54, 1.807) is 11.0 Å². The van der Waals surface area contributed by atoms with Crippen molar-refractivity contribution < 1.29 is 36.6 Å². The van der Waals surface area contributed by atoms with Gasteiger partial charge in [-0.1, -0.05) is 50.2 Å². The number of carbonyl (C=O) groups is 1. The molecule has 0 spiro atoms. The highest BCUT2D eigenvalue weighted by molar-refractivity contribution is 5.81. The Labute approximate surface area is 214 Å². The molecular weight excluding hydrogens is 492 g/mol. The van der Waals surface area contributed by atoms with Crippen molar-refractivity contribution in [3.8, 4) is 11.5 Å². The zero-order valence-corrected chi connectivity index (χ0v) is 21.0. The van der Waals surface area contributed by atoms with Gasteiger partial charge in [0.2, 0.25) is 0 Å². The fourth-order valence-corrected chi connectivity index (χ4v) is 4.37. The quantitative estimate of drug-likeness (QED) is 0.495. The number of alkyl halides is 4. The molecule has 0 radical (unpaired) electrons. The molecule has 202 valence electrons. The van der Waals surface area contributed by atoms with E-state index in [0.717, 1.165) is 5.56 Å². The van der Waals surface area contributed by atoms with Gasteiger partial charge in [0.05, 0.1) is 6.61 Å². The average molecular weight is 525 g/mol. The zero-order chi connectivity index (χ0) is 26.6. The lowest BCUT2D eigenvalue weighted by Gasteiger charge is -2.35. The third-order valence-corrected chi connectivity index (χ3v) is 6.31. The molecule has 2 aliphatic rings. The Balaban J connectivity index is 1.46. The van der Waals surface area contributed by atoms with Crippen molar-refractivity contribution in [3.05, 3.63) is 59.7 Å². The van der Waals surface area contributed by atoms with Crippen LogP contribution in [0.1, 0.15) is 25.0 Å².